The zero-order chi connectivity index (χ0) is 18.6. The lowest BCUT2D eigenvalue weighted by Crippen LogP contribution is -2.13. The second-order valence-corrected chi connectivity index (χ2v) is 9.31. The van der Waals surface area contributed by atoms with Gasteiger partial charge in [0.1, 0.15) is 5.02 Å². The number of aromatic amines is 1. The number of anilines is 1. The minimum absolute atomic E-state index is 0.211. The first-order valence-corrected chi connectivity index (χ1v) is 9.95. The number of nitrogens with one attached hydrogen (secondary N) is 2. The molecule has 0 unspecified atom stereocenters. The molecule has 25 heavy (non-hydrogen) atoms. The van der Waals surface area contributed by atoms with Crippen molar-refractivity contribution in [2.75, 3.05) is 11.0 Å². The van der Waals surface area contributed by atoms with E-state index in [2.05, 4.69) is 20.0 Å². The lowest BCUT2D eigenvalue weighted by molar-refractivity contribution is 0.563. The Hall–Kier alpha value is -2.06. The van der Waals surface area contributed by atoms with Gasteiger partial charge in [0, 0.05) is 16.7 Å². The first-order valence-electron chi connectivity index (χ1n) is 7.68. The zero-order valence-electron chi connectivity index (χ0n) is 14.7. The van der Waals surface area contributed by atoms with E-state index < -0.39 is 10.0 Å². The minimum atomic E-state index is -3.37. The van der Waals surface area contributed by atoms with Crippen molar-refractivity contribution in [2.24, 2.45) is 0 Å². The van der Waals surface area contributed by atoms with Crippen molar-refractivity contribution in [3.8, 4) is 11.4 Å². The maximum atomic E-state index is 11.5. The maximum Gasteiger partial charge on any atom is 0.229 e. The third kappa shape index (κ3) is 3.50. The summed E-state index contributed by atoms with van der Waals surface area (Å²) in [6.07, 6.45) is 1.12. The summed E-state index contributed by atoms with van der Waals surface area (Å²) in [6.45, 7) is 8.00. The van der Waals surface area contributed by atoms with E-state index in [0.717, 1.165) is 23.1 Å². The average Bonchev–Trinajstić information content (AvgIpc) is 2.96. The number of hydrogen-bond acceptors (Lipinski definition) is 4. The predicted molar refractivity (Wildman–Crippen MR) is 99.7 cm³/mol. The Kier molecular flexibility index (Phi) is 4.08. The van der Waals surface area contributed by atoms with Crippen LogP contribution in [0.15, 0.2) is 18.2 Å². The van der Waals surface area contributed by atoms with Crippen LogP contribution in [0.5, 0.6) is 0 Å². The van der Waals surface area contributed by atoms with Crippen LogP contribution < -0.4 is 4.72 Å². The smallest absolute Gasteiger partial charge is 0.229 e. The number of halogens is 1. The SMILES string of the molecule is Cc1cc(NS(C)(=O)=O)cc(-c2n[nH]c3c(Cl)c(C(C)(C)C)nn23)c1. The summed E-state index contributed by atoms with van der Waals surface area (Å²) < 4.78 is 27.2. The molecule has 1 aromatic carbocycles. The van der Waals surface area contributed by atoms with Gasteiger partial charge in [0.15, 0.2) is 11.5 Å². The fourth-order valence-electron chi connectivity index (χ4n) is 2.65. The first kappa shape index (κ1) is 17.8. The molecule has 9 heteroatoms. The highest BCUT2D eigenvalue weighted by Crippen LogP contribution is 2.33. The molecule has 0 aliphatic rings. The number of fused-ring (bicyclic) bond motifs is 1. The average molecular weight is 382 g/mol. The van der Waals surface area contributed by atoms with Crippen LogP contribution in [0.1, 0.15) is 32.0 Å². The summed E-state index contributed by atoms with van der Waals surface area (Å²) >= 11 is 6.45. The Labute approximate surface area is 151 Å². The Bertz CT molecular complexity index is 1060. The molecule has 2 N–H and O–H groups in total. The van der Waals surface area contributed by atoms with Gasteiger partial charge in [-0.1, -0.05) is 32.4 Å². The van der Waals surface area contributed by atoms with Crippen molar-refractivity contribution in [1.82, 2.24) is 19.8 Å². The maximum absolute atomic E-state index is 11.5. The van der Waals surface area contributed by atoms with Gasteiger partial charge in [-0.3, -0.25) is 9.82 Å². The predicted octanol–water partition coefficient (Wildman–Crippen LogP) is 3.36. The van der Waals surface area contributed by atoms with Gasteiger partial charge in [-0.15, -0.1) is 0 Å². The number of H-pyrrole nitrogens is 1. The zero-order valence-corrected chi connectivity index (χ0v) is 16.2. The molecule has 0 spiro atoms. The third-order valence-corrected chi connectivity index (χ3v) is 4.61. The molecule has 0 saturated carbocycles. The molecule has 0 saturated heterocycles. The number of hydrogen-bond donors (Lipinski definition) is 2. The summed E-state index contributed by atoms with van der Waals surface area (Å²) in [5.74, 6) is 0.563. The second kappa shape index (κ2) is 5.74. The molecule has 2 heterocycles. The quantitative estimate of drug-likeness (QED) is 0.727. The van der Waals surface area contributed by atoms with Gasteiger partial charge in [0.05, 0.1) is 11.9 Å². The molecule has 7 nitrogen and oxygen atoms in total. The molecule has 0 fully saturated rings. The van der Waals surface area contributed by atoms with E-state index in [0.29, 0.717) is 22.2 Å². The number of aryl methyl sites for hydroxylation is 1. The normalized spacial score (nSPS) is 12.7. The van der Waals surface area contributed by atoms with E-state index in [9.17, 15) is 8.42 Å². The molecule has 3 rings (SSSR count). The molecule has 2 aromatic heterocycles. The topological polar surface area (TPSA) is 92.1 Å². The lowest BCUT2D eigenvalue weighted by Gasteiger charge is -2.15. The van der Waals surface area contributed by atoms with Gasteiger partial charge in [-0.25, -0.2) is 8.42 Å². The molecule has 3 aromatic rings. The highest BCUT2D eigenvalue weighted by atomic mass is 35.5. The van der Waals surface area contributed by atoms with Crippen LogP contribution in [0.3, 0.4) is 0 Å². The molecule has 0 aliphatic carbocycles. The van der Waals surface area contributed by atoms with Crippen molar-refractivity contribution in [1.29, 1.82) is 0 Å². The summed E-state index contributed by atoms with van der Waals surface area (Å²) in [7, 11) is -3.37. The summed E-state index contributed by atoms with van der Waals surface area (Å²) in [5.41, 5.74) is 3.28. The van der Waals surface area contributed by atoms with Gasteiger partial charge in [-0.05, 0) is 30.7 Å². The Morgan fingerprint density at radius 3 is 2.52 bits per heavy atom. The second-order valence-electron chi connectivity index (χ2n) is 7.18. The number of benzene rings is 1. The highest BCUT2D eigenvalue weighted by molar-refractivity contribution is 7.92. The van der Waals surface area contributed by atoms with Crippen LogP contribution in [0, 0.1) is 6.92 Å². The fraction of sp³-hybridized carbons (Fsp3) is 0.375. The van der Waals surface area contributed by atoms with E-state index >= 15 is 0 Å². The van der Waals surface area contributed by atoms with Gasteiger partial charge < -0.3 is 0 Å². The Balaban J connectivity index is 2.17. The van der Waals surface area contributed by atoms with Gasteiger partial charge in [-0.2, -0.15) is 14.7 Å². The molecule has 0 amide bonds. The van der Waals surface area contributed by atoms with E-state index in [1.54, 1.807) is 16.6 Å². The molecule has 0 radical (unpaired) electrons. The largest absolute Gasteiger partial charge is 0.284 e. The van der Waals surface area contributed by atoms with Crippen LogP contribution in [0.4, 0.5) is 5.69 Å². The summed E-state index contributed by atoms with van der Waals surface area (Å²) in [5, 5.41) is 12.4. The minimum Gasteiger partial charge on any atom is -0.284 e. The van der Waals surface area contributed by atoms with Crippen molar-refractivity contribution < 1.29 is 8.42 Å². The monoisotopic (exact) mass is 381 g/mol. The molecule has 0 bridgehead atoms. The summed E-state index contributed by atoms with van der Waals surface area (Å²) in [4.78, 5) is 0. The molecule has 134 valence electrons. The standard InChI is InChI=1S/C16H20ClN5O2S/c1-9-6-10(8-11(7-9)21-25(5,23)24)14-18-19-15-12(17)13(16(2,3)4)20-22(14)15/h6-8,19,21H,1-5H3. The van der Waals surface area contributed by atoms with Crippen molar-refractivity contribution >= 4 is 33.0 Å². The Morgan fingerprint density at radius 2 is 1.92 bits per heavy atom. The van der Waals surface area contributed by atoms with Crippen molar-refractivity contribution in [3.63, 3.8) is 0 Å². The van der Waals surface area contributed by atoms with Crippen LogP contribution >= 0.6 is 11.6 Å². The van der Waals surface area contributed by atoms with Gasteiger partial charge in [0.2, 0.25) is 10.0 Å². The van der Waals surface area contributed by atoms with Crippen LogP contribution in [-0.4, -0.2) is 34.5 Å². The van der Waals surface area contributed by atoms with Crippen molar-refractivity contribution in [3.05, 3.63) is 34.5 Å². The molecule has 0 aliphatic heterocycles. The third-order valence-electron chi connectivity index (χ3n) is 3.65. The van der Waals surface area contributed by atoms with E-state index in [1.807, 2.05) is 33.8 Å². The summed E-state index contributed by atoms with van der Waals surface area (Å²) in [6, 6.07) is 5.39. The number of sulfonamides is 1. The first-order chi connectivity index (χ1) is 11.5. The molecule has 0 atom stereocenters. The number of aromatic nitrogens is 4. The van der Waals surface area contributed by atoms with Crippen LogP contribution in [0.25, 0.3) is 17.0 Å². The van der Waals surface area contributed by atoms with Gasteiger partial charge in [0.25, 0.3) is 0 Å². The fourth-order valence-corrected chi connectivity index (χ4v) is 3.64. The highest BCUT2D eigenvalue weighted by Gasteiger charge is 2.26. The number of nitrogens with zero attached hydrogens (tertiary/aromatic N) is 3. The molecular formula is C16H20ClN5O2S. The van der Waals surface area contributed by atoms with Crippen LogP contribution in [-0.2, 0) is 15.4 Å². The Morgan fingerprint density at radius 1 is 1.24 bits per heavy atom. The molecular weight excluding hydrogens is 362 g/mol. The lowest BCUT2D eigenvalue weighted by atomic mass is 9.92. The van der Waals surface area contributed by atoms with E-state index in [1.165, 1.54) is 0 Å². The van der Waals surface area contributed by atoms with E-state index in [4.69, 9.17) is 11.6 Å². The van der Waals surface area contributed by atoms with Crippen LogP contribution in [0.2, 0.25) is 5.02 Å². The number of rotatable bonds is 3. The van der Waals surface area contributed by atoms with E-state index in [-0.39, 0.29) is 5.41 Å². The van der Waals surface area contributed by atoms with Crippen molar-refractivity contribution in [2.45, 2.75) is 33.1 Å². The van der Waals surface area contributed by atoms with Gasteiger partial charge >= 0.3 is 0 Å².